The molecule has 0 bridgehead atoms. The van der Waals surface area contributed by atoms with Crippen molar-refractivity contribution in [3.05, 3.63) is 71.3 Å². The maximum Gasteiger partial charge on any atom is 0.416 e. The highest BCUT2D eigenvalue weighted by Crippen LogP contribution is 2.42. The van der Waals surface area contributed by atoms with Crippen molar-refractivity contribution in [1.29, 1.82) is 0 Å². The van der Waals surface area contributed by atoms with Crippen LogP contribution in [-0.4, -0.2) is 18.1 Å². The normalized spacial score (nSPS) is 22.5. The summed E-state index contributed by atoms with van der Waals surface area (Å²) < 4.78 is 44.7. The second-order valence-corrected chi connectivity index (χ2v) is 8.98. The number of hydrogen-bond acceptors (Lipinski definition) is 3. The van der Waals surface area contributed by atoms with E-state index in [9.17, 15) is 18.0 Å². The summed E-state index contributed by atoms with van der Waals surface area (Å²) in [5.74, 6) is -0.317. The van der Waals surface area contributed by atoms with E-state index in [4.69, 9.17) is 4.74 Å². The van der Waals surface area contributed by atoms with Gasteiger partial charge in [-0.25, -0.2) is 0 Å². The summed E-state index contributed by atoms with van der Waals surface area (Å²) in [6.07, 6.45) is -1.60. The zero-order valence-corrected chi connectivity index (χ0v) is 18.9. The lowest BCUT2D eigenvalue weighted by Gasteiger charge is -2.40. The molecule has 3 rings (SSSR count). The van der Waals surface area contributed by atoms with Gasteiger partial charge in [0.2, 0.25) is 0 Å². The van der Waals surface area contributed by atoms with Crippen LogP contribution < -0.4 is 5.32 Å². The van der Waals surface area contributed by atoms with E-state index in [0.29, 0.717) is 0 Å². The van der Waals surface area contributed by atoms with E-state index < -0.39 is 11.7 Å². The molecule has 2 aromatic rings. The average molecular weight is 448 g/mol. The predicted octanol–water partition coefficient (Wildman–Crippen LogP) is 6.65. The zero-order chi connectivity index (χ0) is 23.3. The maximum absolute atomic E-state index is 13.1. The van der Waals surface area contributed by atoms with E-state index >= 15 is 0 Å². The van der Waals surface area contributed by atoms with Gasteiger partial charge in [0.15, 0.2) is 0 Å². The van der Waals surface area contributed by atoms with Gasteiger partial charge in [0, 0.05) is 24.4 Å². The summed E-state index contributed by atoms with van der Waals surface area (Å²) in [6, 6.07) is 15.6. The second-order valence-electron chi connectivity index (χ2n) is 8.98. The number of halogens is 3. The van der Waals surface area contributed by atoms with E-state index in [2.05, 4.69) is 24.4 Å². The fourth-order valence-electron chi connectivity index (χ4n) is 4.79. The summed E-state index contributed by atoms with van der Waals surface area (Å²) in [4.78, 5) is 12.4. The minimum Gasteiger partial charge on any atom is -0.463 e. The number of esters is 1. The molecule has 0 saturated heterocycles. The number of hydrogen-bond donors (Lipinski definition) is 1. The lowest BCUT2D eigenvalue weighted by atomic mass is 9.70. The van der Waals surface area contributed by atoms with E-state index in [1.807, 2.05) is 32.0 Å². The van der Waals surface area contributed by atoms with Crippen molar-refractivity contribution >= 4 is 5.97 Å². The standard InChI is InChI=1S/C26H32F3NO2/c1-17(2)32-24(31)16-21-10-7-11-23(30-18(3)19-8-5-4-6-9-19)25(21)20-12-14-22(15-13-20)26(27,28)29/h4-6,8-9,12-15,17-18,21,23,25,30H,7,10-11,16H2,1-3H3/t18-,21+,23+,25+/m0/s1. The number of carbonyl (C=O) groups is 1. The van der Waals surface area contributed by atoms with Crippen molar-refractivity contribution in [2.24, 2.45) is 5.92 Å². The molecule has 1 aliphatic carbocycles. The number of benzene rings is 2. The topological polar surface area (TPSA) is 38.3 Å². The molecule has 1 fully saturated rings. The molecule has 0 unspecified atom stereocenters. The average Bonchev–Trinajstić information content (AvgIpc) is 2.73. The Balaban J connectivity index is 1.87. The van der Waals surface area contributed by atoms with E-state index in [-0.39, 0.29) is 42.4 Å². The van der Waals surface area contributed by atoms with Crippen molar-refractivity contribution in [2.45, 2.75) is 76.7 Å². The first kappa shape index (κ1) is 24.3. The highest BCUT2D eigenvalue weighted by atomic mass is 19.4. The lowest BCUT2D eigenvalue weighted by Crippen LogP contribution is -2.43. The highest BCUT2D eigenvalue weighted by Gasteiger charge is 2.37. The molecule has 0 aromatic heterocycles. The van der Waals surface area contributed by atoms with Gasteiger partial charge in [0.1, 0.15) is 0 Å². The fraction of sp³-hybridized carbons (Fsp3) is 0.500. The molecule has 6 heteroatoms. The molecule has 0 spiro atoms. The van der Waals surface area contributed by atoms with Crippen LogP contribution in [0.5, 0.6) is 0 Å². The Bertz CT molecular complexity index is 865. The lowest BCUT2D eigenvalue weighted by molar-refractivity contribution is -0.149. The van der Waals surface area contributed by atoms with Crippen molar-refractivity contribution in [3.63, 3.8) is 0 Å². The Hall–Kier alpha value is -2.34. The molecule has 3 nitrogen and oxygen atoms in total. The van der Waals surface area contributed by atoms with Gasteiger partial charge >= 0.3 is 12.1 Å². The molecule has 0 heterocycles. The van der Waals surface area contributed by atoms with Crippen LogP contribution in [0.4, 0.5) is 13.2 Å². The van der Waals surface area contributed by atoms with Gasteiger partial charge in [-0.05, 0) is 62.8 Å². The smallest absolute Gasteiger partial charge is 0.416 e. The summed E-state index contributed by atoms with van der Waals surface area (Å²) in [6.45, 7) is 5.73. The first-order chi connectivity index (χ1) is 15.1. The number of rotatable bonds is 7. The molecule has 32 heavy (non-hydrogen) atoms. The van der Waals surface area contributed by atoms with Gasteiger partial charge < -0.3 is 10.1 Å². The predicted molar refractivity (Wildman–Crippen MR) is 119 cm³/mol. The highest BCUT2D eigenvalue weighted by molar-refractivity contribution is 5.70. The zero-order valence-electron chi connectivity index (χ0n) is 18.9. The molecular formula is C26H32F3NO2. The van der Waals surface area contributed by atoms with E-state index in [1.54, 1.807) is 12.1 Å². The summed E-state index contributed by atoms with van der Waals surface area (Å²) in [7, 11) is 0. The maximum atomic E-state index is 13.1. The monoisotopic (exact) mass is 447 g/mol. The molecule has 0 amide bonds. The molecule has 174 valence electrons. The Labute approximate surface area is 188 Å². The molecule has 2 aromatic carbocycles. The van der Waals surface area contributed by atoms with E-state index in [0.717, 1.165) is 42.5 Å². The summed E-state index contributed by atoms with van der Waals surface area (Å²) in [5.41, 5.74) is 1.33. The Morgan fingerprint density at radius 1 is 1.03 bits per heavy atom. The Morgan fingerprint density at radius 3 is 2.28 bits per heavy atom. The van der Waals surface area contributed by atoms with Crippen molar-refractivity contribution in [1.82, 2.24) is 5.32 Å². The minimum absolute atomic E-state index is 0.00668. The minimum atomic E-state index is -4.37. The number of nitrogens with one attached hydrogen (secondary N) is 1. The van der Waals surface area contributed by atoms with Crippen LogP contribution in [0.2, 0.25) is 0 Å². The molecule has 1 N–H and O–H groups in total. The third-order valence-electron chi connectivity index (χ3n) is 6.21. The number of alkyl halides is 3. The van der Waals surface area contributed by atoms with Crippen LogP contribution in [0.25, 0.3) is 0 Å². The second kappa shape index (κ2) is 10.5. The van der Waals surface area contributed by atoms with Crippen LogP contribution in [0.15, 0.2) is 54.6 Å². The molecule has 0 radical (unpaired) electrons. The third-order valence-corrected chi connectivity index (χ3v) is 6.21. The van der Waals surface area contributed by atoms with Crippen LogP contribution in [-0.2, 0) is 15.7 Å². The van der Waals surface area contributed by atoms with Crippen LogP contribution in [0.1, 0.15) is 75.1 Å². The number of ether oxygens (including phenoxy) is 1. The Morgan fingerprint density at radius 2 is 1.69 bits per heavy atom. The first-order valence-corrected chi connectivity index (χ1v) is 11.3. The van der Waals surface area contributed by atoms with Crippen molar-refractivity contribution < 1.29 is 22.7 Å². The van der Waals surface area contributed by atoms with Gasteiger partial charge in [-0.15, -0.1) is 0 Å². The Kier molecular flexibility index (Phi) is 7.99. The largest absolute Gasteiger partial charge is 0.463 e. The van der Waals surface area contributed by atoms with Gasteiger partial charge in [-0.2, -0.15) is 13.2 Å². The quantitative estimate of drug-likeness (QED) is 0.483. The molecule has 0 aliphatic heterocycles. The van der Waals surface area contributed by atoms with Crippen LogP contribution in [0, 0.1) is 5.92 Å². The number of carbonyl (C=O) groups excluding carboxylic acids is 1. The van der Waals surface area contributed by atoms with E-state index in [1.165, 1.54) is 0 Å². The third kappa shape index (κ3) is 6.35. The molecule has 1 aliphatic rings. The summed E-state index contributed by atoms with van der Waals surface area (Å²) >= 11 is 0. The van der Waals surface area contributed by atoms with Gasteiger partial charge in [0.25, 0.3) is 0 Å². The van der Waals surface area contributed by atoms with Gasteiger partial charge in [0.05, 0.1) is 11.7 Å². The SMILES string of the molecule is CC(C)OC(=O)C[C@H]1CCC[C@@H](N[C@@H](C)c2ccccc2)[C@@H]1c1ccc(C(F)(F)F)cc1. The van der Waals surface area contributed by atoms with Gasteiger partial charge in [-0.1, -0.05) is 48.9 Å². The van der Waals surface area contributed by atoms with Crippen molar-refractivity contribution in [2.75, 3.05) is 0 Å². The molecular weight excluding hydrogens is 415 g/mol. The fourth-order valence-corrected chi connectivity index (χ4v) is 4.79. The first-order valence-electron chi connectivity index (χ1n) is 11.3. The van der Waals surface area contributed by atoms with Crippen LogP contribution in [0.3, 0.4) is 0 Å². The molecule has 1 saturated carbocycles. The summed E-state index contributed by atoms with van der Waals surface area (Å²) in [5, 5.41) is 3.70. The van der Waals surface area contributed by atoms with Crippen molar-refractivity contribution in [3.8, 4) is 0 Å². The van der Waals surface area contributed by atoms with Crippen LogP contribution >= 0.6 is 0 Å². The molecule has 4 atom stereocenters. The van der Waals surface area contributed by atoms with Gasteiger partial charge in [-0.3, -0.25) is 4.79 Å².